The van der Waals surface area contributed by atoms with Crippen molar-refractivity contribution in [1.82, 2.24) is 15.0 Å². The molecule has 0 bridgehead atoms. The van der Waals surface area contributed by atoms with E-state index in [0.717, 1.165) is 5.39 Å². The first-order chi connectivity index (χ1) is 12.0. The smallest absolute Gasteiger partial charge is 0.312 e. The number of benzene rings is 1. The summed E-state index contributed by atoms with van der Waals surface area (Å²) in [6.07, 6.45) is -0.0532. The third-order valence-corrected chi connectivity index (χ3v) is 4.20. The standard InChI is InChI=1S/C17H19N3O5/c1-12(21)19-6-8-20(9-7-19)16(22)11-24-17(23)10-14-13-4-2-3-5-15(13)25-18-14/h2-5H,6-11H2,1H3. The highest BCUT2D eigenvalue weighted by Gasteiger charge is 2.23. The van der Waals surface area contributed by atoms with E-state index in [0.29, 0.717) is 37.5 Å². The molecule has 25 heavy (non-hydrogen) atoms. The molecule has 8 nitrogen and oxygen atoms in total. The first-order valence-electron chi connectivity index (χ1n) is 8.07. The zero-order valence-corrected chi connectivity index (χ0v) is 13.9. The first-order valence-corrected chi connectivity index (χ1v) is 8.07. The van der Waals surface area contributed by atoms with Crippen LogP contribution in [-0.2, 0) is 25.5 Å². The second kappa shape index (κ2) is 7.33. The van der Waals surface area contributed by atoms with Crippen LogP contribution in [0.15, 0.2) is 28.8 Å². The first kappa shape index (κ1) is 16.9. The van der Waals surface area contributed by atoms with Crippen LogP contribution in [0.2, 0.25) is 0 Å². The van der Waals surface area contributed by atoms with E-state index in [9.17, 15) is 14.4 Å². The number of aromatic nitrogens is 1. The lowest BCUT2D eigenvalue weighted by Crippen LogP contribution is -2.51. The normalized spacial score (nSPS) is 14.6. The number of piperazine rings is 1. The topological polar surface area (TPSA) is 93.0 Å². The van der Waals surface area contributed by atoms with E-state index in [1.54, 1.807) is 15.9 Å². The minimum atomic E-state index is -0.533. The van der Waals surface area contributed by atoms with E-state index in [1.807, 2.05) is 18.2 Å². The maximum absolute atomic E-state index is 12.1. The SMILES string of the molecule is CC(=O)N1CCN(C(=O)COC(=O)Cc2noc3ccccc23)CC1. The summed E-state index contributed by atoms with van der Waals surface area (Å²) >= 11 is 0. The van der Waals surface area contributed by atoms with Crippen LogP contribution in [0, 0.1) is 0 Å². The maximum Gasteiger partial charge on any atom is 0.312 e. The van der Waals surface area contributed by atoms with Gasteiger partial charge in [-0.25, -0.2) is 0 Å². The Morgan fingerprint density at radius 1 is 1.12 bits per heavy atom. The molecule has 0 saturated carbocycles. The molecule has 8 heteroatoms. The Bertz CT molecular complexity index is 792. The van der Waals surface area contributed by atoms with Crippen molar-refractivity contribution in [3.8, 4) is 0 Å². The molecular formula is C17H19N3O5. The molecule has 0 N–H and O–H groups in total. The quantitative estimate of drug-likeness (QED) is 0.754. The van der Waals surface area contributed by atoms with Gasteiger partial charge in [0.15, 0.2) is 12.2 Å². The van der Waals surface area contributed by atoms with Crippen molar-refractivity contribution in [2.75, 3.05) is 32.8 Å². The maximum atomic E-state index is 12.1. The lowest BCUT2D eigenvalue weighted by Gasteiger charge is -2.34. The number of hydrogen-bond acceptors (Lipinski definition) is 6. The molecule has 1 aromatic heterocycles. The molecule has 1 aliphatic rings. The van der Waals surface area contributed by atoms with Gasteiger partial charge in [-0.15, -0.1) is 0 Å². The number of carbonyl (C=O) groups is 3. The van der Waals surface area contributed by atoms with Crippen LogP contribution in [0.25, 0.3) is 11.0 Å². The average Bonchev–Trinajstić information content (AvgIpc) is 3.03. The molecular weight excluding hydrogens is 326 g/mol. The van der Waals surface area contributed by atoms with Gasteiger partial charge in [-0.3, -0.25) is 14.4 Å². The highest BCUT2D eigenvalue weighted by molar-refractivity contribution is 5.85. The van der Waals surface area contributed by atoms with Crippen LogP contribution in [0.3, 0.4) is 0 Å². The summed E-state index contributed by atoms with van der Waals surface area (Å²) in [5.74, 6) is -0.797. The molecule has 0 aliphatic carbocycles. The van der Waals surface area contributed by atoms with Crippen molar-refractivity contribution in [3.63, 3.8) is 0 Å². The Kier molecular flexibility index (Phi) is 4.97. The van der Waals surface area contributed by atoms with Crippen molar-refractivity contribution in [1.29, 1.82) is 0 Å². The Balaban J connectivity index is 1.47. The van der Waals surface area contributed by atoms with E-state index < -0.39 is 5.97 Å². The van der Waals surface area contributed by atoms with Gasteiger partial charge in [-0.1, -0.05) is 17.3 Å². The summed E-state index contributed by atoms with van der Waals surface area (Å²) < 4.78 is 10.2. The number of carbonyl (C=O) groups excluding carboxylic acids is 3. The zero-order chi connectivity index (χ0) is 17.8. The minimum absolute atomic E-state index is 0.00151. The van der Waals surface area contributed by atoms with Gasteiger partial charge >= 0.3 is 5.97 Å². The van der Waals surface area contributed by atoms with E-state index in [4.69, 9.17) is 9.26 Å². The summed E-state index contributed by atoms with van der Waals surface area (Å²) in [6.45, 7) is 3.09. The lowest BCUT2D eigenvalue weighted by molar-refractivity contribution is -0.152. The van der Waals surface area contributed by atoms with Gasteiger partial charge < -0.3 is 19.1 Å². The summed E-state index contributed by atoms with van der Waals surface area (Å²) in [4.78, 5) is 38.6. The largest absolute Gasteiger partial charge is 0.455 e. The number of hydrogen-bond donors (Lipinski definition) is 0. The van der Waals surface area contributed by atoms with Gasteiger partial charge in [0.25, 0.3) is 5.91 Å². The number of ether oxygens (including phenoxy) is 1. The second-order valence-electron chi connectivity index (χ2n) is 5.85. The van der Waals surface area contributed by atoms with Gasteiger partial charge in [0.2, 0.25) is 5.91 Å². The number of amides is 2. The molecule has 1 aromatic carbocycles. The molecule has 1 fully saturated rings. The molecule has 0 spiro atoms. The lowest BCUT2D eigenvalue weighted by atomic mass is 10.2. The molecule has 0 atom stereocenters. The van der Waals surface area contributed by atoms with E-state index in [1.165, 1.54) is 6.92 Å². The Hall–Kier alpha value is -2.90. The number of para-hydroxylation sites is 1. The van der Waals surface area contributed by atoms with Crippen LogP contribution in [-0.4, -0.2) is 65.5 Å². The fourth-order valence-electron chi connectivity index (χ4n) is 2.76. The molecule has 1 saturated heterocycles. The van der Waals surface area contributed by atoms with Crippen LogP contribution >= 0.6 is 0 Å². The third-order valence-electron chi connectivity index (χ3n) is 4.20. The van der Waals surface area contributed by atoms with Crippen molar-refractivity contribution in [3.05, 3.63) is 30.0 Å². The highest BCUT2D eigenvalue weighted by Crippen LogP contribution is 2.18. The van der Waals surface area contributed by atoms with Crippen LogP contribution in [0.1, 0.15) is 12.6 Å². The summed E-state index contributed by atoms with van der Waals surface area (Å²) in [6, 6.07) is 7.23. The second-order valence-corrected chi connectivity index (χ2v) is 5.85. The number of nitrogens with zero attached hydrogens (tertiary/aromatic N) is 3. The van der Waals surface area contributed by atoms with Gasteiger partial charge in [0.05, 0.1) is 6.42 Å². The van der Waals surface area contributed by atoms with Gasteiger partial charge in [-0.2, -0.15) is 0 Å². The average molecular weight is 345 g/mol. The molecule has 2 heterocycles. The summed E-state index contributed by atoms with van der Waals surface area (Å²) in [5.41, 5.74) is 1.09. The number of rotatable bonds is 4. The molecule has 0 radical (unpaired) electrons. The molecule has 0 unspecified atom stereocenters. The highest BCUT2D eigenvalue weighted by atomic mass is 16.5. The Morgan fingerprint density at radius 3 is 2.52 bits per heavy atom. The zero-order valence-electron chi connectivity index (χ0n) is 13.9. The van der Waals surface area contributed by atoms with E-state index >= 15 is 0 Å². The number of esters is 1. The van der Waals surface area contributed by atoms with Crippen molar-refractivity contribution in [2.24, 2.45) is 0 Å². The predicted molar refractivity (Wildman–Crippen MR) is 87.5 cm³/mol. The van der Waals surface area contributed by atoms with Gasteiger partial charge in [0.1, 0.15) is 5.69 Å². The van der Waals surface area contributed by atoms with Crippen molar-refractivity contribution in [2.45, 2.75) is 13.3 Å². The van der Waals surface area contributed by atoms with E-state index in [2.05, 4.69) is 5.16 Å². The fraction of sp³-hybridized carbons (Fsp3) is 0.412. The Labute approximate surface area is 144 Å². The molecule has 2 aromatic rings. The van der Waals surface area contributed by atoms with Crippen molar-refractivity contribution >= 4 is 28.8 Å². The molecule has 1 aliphatic heterocycles. The fourth-order valence-corrected chi connectivity index (χ4v) is 2.76. The predicted octanol–water partition coefficient (Wildman–Crippen LogP) is 0.604. The summed E-state index contributed by atoms with van der Waals surface area (Å²) in [5, 5.41) is 4.62. The third kappa shape index (κ3) is 3.96. The van der Waals surface area contributed by atoms with E-state index in [-0.39, 0.29) is 24.8 Å². The van der Waals surface area contributed by atoms with Gasteiger partial charge in [0, 0.05) is 38.5 Å². The van der Waals surface area contributed by atoms with Crippen LogP contribution < -0.4 is 0 Å². The molecule has 132 valence electrons. The molecule has 3 rings (SSSR count). The van der Waals surface area contributed by atoms with Crippen LogP contribution in [0.5, 0.6) is 0 Å². The molecule has 2 amide bonds. The summed E-state index contributed by atoms with van der Waals surface area (Å²) in [7, 11) is 0. The monoisotopic (exact) mass is 345 g/mol. The minimum Gasteiger partial charge on any atom is -0.455 e. The van der Waals surface area contributed by atoms with Crippen molar-refractivity contribution < 1.29 is 23.6 Å². The van der Waals surface area contributed by atoms with Crippen LogP contribution in [0.4, 0.5) is 0 Å². The Morgan fingerprint density at radius 2 is 1.80 bits per heavy atom. The van der Waals surface area contributed by atoms with Gasteiger partial charge in [-0.05, 0) is 12.1 Å². The number of fused-ring (bicyclic) bond motifs is 1.